The van der Waals surface area contributed by atoms with Crippen LogP contribution in [0, 0.1) is 15.5 Å². The number of hydrogen-bond acceptors (Lipinski definition) is 8. The third-order valence-corrected chi connectivity index (χ3v) is 5.59. The number of nitro groups is 1. The average Bonchev–Trinajstić information content (AvgIpc) is 3.47. The third kappa shape index (κ3) is 3.32. The maximum atomic E-state index is 12.9. The van der Waals surface area contributed by atoms with E-state index in [0.717, 1.165) is 11.8 Å². The zero-order valence-corrected chi connectivity index (χ0v) is 16.5. The Kier molecular flexibility index (Phi) is 4.48. The van der Waals surface area contributed by atoms with Crippen molar-refractivity contribution in [3.63, 3.8) is 0 Å². The van der Waals surface area contributed by atoms with E-state index in [4.69, 9.17) is 19.3 Å². The second-order valence-electron chi connectivity index (χ2n) is 6.57. The van der Waals surface area contributed by atoms with Gasteiger partial charge >= 0.3 is 0 Å². The predicted molar refractivity (Wildman–Crippen MR) is 114 cm³/mol. The molecule has 0 spiro atoms. The molecule has 1 saturated heterocycles. The van der Waals surface area contributed by atoms with Crippen LogP contribution < -0.4 is 14.4 Å². The van der Waals surface area contributed by atoms with Crippen LogP contribution in [-0.2, 0) is 4.79 Å². The summed E-state index contributed by atoms with van der Waals surface area (Å²) in [6.45, 7) is 0.116. The molecular formula is C21H13N3O6S. The lowest BCUT2D eigenvalue weighted by Gasteiger charge is -2.14. The van der Waals surface area contributed by atoms with Crippen LogP contribution in [0.25, 0.3) is 17.4 Å². The van der Waals surface area contributed by atoms with Crippen LogP contribution in [0.15, 0.2) is 63.9 Å². The molecule has 2 aliphatic heterocycles. The molecule has 10 heteroatoms. The SMILES string of the molecule is N=C1S/C(=C/c2ccc(-c3ccccc3[N+](=O)[O-])o2)C(=O)N1c1ccc2c(c1)OCO2. The molecule has 0 unspecified atom stereocenters. The Bertz CT molecular complexity index is 1280. The van der Waals surface area contributed by atoms with Crippen LogP contribution in [0.3, 0.4) is 0 Å². The first-order valence-electron chi connectivity index (χ1n) is 9.07. The monoisotopic (exact) mass is 435 g/mol. The van der Waals surface area contributed by atoms with Gasteiger partial charge in [-0.15, -0.1) is 0 Å². The molecular weight excluding hydrogens is 422 g/mol. The van der Waals surface area contributed by atoms with Gasteiger partial charge in [-0.1, -0.05) is 12.1 Å². The Morgan fingerprint density at radius 3 is 2.74 bits per heavy atom. The van der Waals surface area contributed by atoms with E-state index in [-0.39, 0.29) is 23.6 Å². The molecule has 2 aliphatic rings. The van der Waals surface area contributed by atoms with E-state index in [2.05, 4.69) is 0 Å². The molecule has 0 aliphatic carbocycles. The van der Waals surface area contributed by atoms with Crippen molar-refractivity contribution in [3.8, 4) is 22.8 Å². The normalized spacial score (nSPS) is 16.4. The molecule has 1 fully saturated rings. The van der Waals surface area contributed by atoms with Crippen molar-refractivity contribution in [3.05, 3.63) is 75.4 Å². The number of carbonyl (C=O) groups is 1. The minimum atomic E-state index is -0.475. The Hall–Kier alpha value is -4.05. The standard InChI is InChI=1S/C21H13N3O6S/c22-21-23(12-5-7-17-18(9-12)29-11-28-17)20(25)19(31-21)10-13-6-8-16(30-13)14-3-1-2-4-15(14)24(26)27/h1-10,22H,11H2/b19-10+,22-21?. The zero-order chi connectivity index (χ0) is 21.5. The number of para-hydroxylation sites is 1. The van der Waals surface area contributed by atoms with Crippen LogP contribution in [-0.4, -0.2) is 22.8 Å². The molecule has 1 aromatic heterocycles. The van der Waals surface area contributed by atoms with Crippen molar-refractivity contribution >= 4 is 40.3 Å². The lowest BCUT2D eigenvalue weighted by molar-refractivity contribution is -0.384. The lowest BCUT2D eigenvalue weighted by Crippen LogP contribution is -2.28. The number of rotatable bonds is 4. The van der Waals surface area contributed by atoms with Gasteiger partial charge in [0, 0.05) is 18.2 Å². The molecule has 5 rings (SSSR count). The van der Waals surface area contributed by atoms with Gasteiger partial charge in [-0.25, -0.2) is 0 Å². The van der Waals surface area contributed by atoms with E-state index >= 15 is 0 Å². The van der Waals surface area contributed by atoms with Crippen molar-refractivity contribution in [2.45, 2.75) is 0 Å². The van der Waals surface area contributed by atoms with Gasteiger partial charge in [-0.2, -0.15) is 0 Å². The molecule has 2 aromatic carbocycles. The summed E-state index contributed by atoms with van der Waals surface area (Å²) in [4.78, 5) is 25.3. The summed E-state index contributed by atoms with van der Waals surface area (Å²) >= 11 is 0.998. The Balaban J connectivity index is 1.43. The van der Waals surface area contributed by atoms with E-state index in [1.54, 1.807) is 48.5 Å². The number of nitrogens with one attached hydrogen (secondary N) is 1. The summed E-state index contributed by atoms with van der Waals surface area (Å²) in [7, 11) is 0. The van der Waals surface area contributed by atoms with Gasteiger partial charge in [-0.05, 0) is 42.1 Å². The maximum absolute atomic E-state index is 12.9. The smallest absolute Gasteiger partial charge is 0.280 e. The largest absolute Gasteiger partial charge is 0.456 e. The third-order valence-electron chi connectivity index (χ3n) is 4.70. The van der Waals surface area contributed by atoms with Gasteiger partial charge in [0.2, 0.25) is 6.79 Å². The number of carbonyl (C=O) groups excluding carboxylic acids is 1. The van der Waals surface area contributed by atoms with Gasteiger partial charge in [0.25, 0.3) is 11.6 Å². The number of nitrogens with zero attached hydrogens (tertiary/aromatic N) is 2. The molecule has 0 bridgehead atoms. The number of thioether (sulfide) groups is 1. The summed E-state index contributed by atoms with van der Waals surface area (Å²) in [5, 5.41) is 19.5. The summed E-state index contributed by atoms with van der Waals surface area (Å²) < 4.78 is 16.4. The topological polar surface area (TPSA) is 119 Å². The predicted octanol–water partition coefficient (Wildman–Crippen LogP) is 4.64. The van der Waals surface area contributed by atoms with E-state index in [1.807, 2.05) is 0 Å². The van der Waals surface area contributed by atoms with Gasteiger partial charge in [0.05, 0.1) is 21.1 Å². The number of hydrogen-bond donors (Lipinski definition) is 1. The molecule has 31 heavy (non-hydrogen) atoms. The number of amidine groups is 1. The van der Waals surface area contributed by atoms with E-state index in [1.165, 1.54) is 17.0 Å². The minimum Gasteiger partial charge on any atom is -0.456 e. The molecule has 0 radical (unpaired) electrons. The number of benzene rings is 2. The van der Waals surface area contributed by atoms with Gasteiger partial charge in [-0.3, -0.25) is 25.2 Å². The average molecular weight is 435 g/mol. The zero-order valence-electron chi connectivity index (χ0n) is 15.7. The lowest BCUT2D eigenvalue weighted by atomic mass is 10.1. The molecule has 9 nitrogen and oxygen atoms in total. The highest BCUT2D eigenvalue weighted by molar-refractivity contribution is 8.19. The maximum Gasteiger partial charge on any atom is 0.280 e. The van der Waals surface area contributed by atoms with E-state index in [0.29, 0.717) is 39.2 Å². The Morgan fingerprint density at radius 1 is 1.10 bits per heavy atom. The fraction of sp³-hybridized carbons (Fsp3) is 0.0476. The first kappa shape index (κ1) is 18.9. The van der Waals surface area contributed by atoms with Crippen molar-refractivity contribution in [2.24, 2.45) is 0 Å². The Morgan fingerprint density at radius 2 is 1.90 bits per heavy atom. The number of anilines is 1. The van der Waals surface area contributed by atoms with Crippen LogP contribution in [0.1, 0.15) is 5.76 Å². The van der Waals surface area contributed by atoms with Crippen LogP contribution in [0.4, 0.5) is 11.4 Å². The van der Waals surface area contributed by atoms with E-state index in [9.17, 15) is 14.9 Å². The molecule has 3 aromatic rings. The molecule has 3 heterocycles. The summed E-state index contributed by atoms with van der Waals surface area (Å²) in [5.74, 6) is 1.39. The van der Waals surface area contributed by atoms with Gasteiger partial charge < -0.3 is 13.9 Å². The fourth-order valence-electron chi connectivity index (χ4n) is 3.29. The summed E-state index contributed by atoms with van der Waals surface area (Å²) in [5.41, 5.74) is 0.769. The number of amides is 1. The van der Waals surface area contributed by atoms with Crippen molar-refractivity contribution in [1.29, 1.82) is 5.41 Å². The summed E-state index contributed by atoms with van der Waals surface area (Å²) in [6.07, 6.45) is 1.52. The highest BCUT2D eigenvalue weighted by Gasteiger charge is 2.34. The molecule has 154 valence electrons. The highest BCUT2D eigenvalue weighted by atomic mass is 32.2. The number of nitro benzene ring substituents is 1. The summed E-state index contributed by atoms with van der Waals surface area (Å²) in [6, 6.07) is 14.5. The molecule has 1 amide bonds. The second-order valence-corrected chi connectivity index (χ2v) is 7.60. The second kappa shape index (κ2) is 7.33. The molecule has 1 N–H and O–H groups in total. The van der Waals surface area contributed by atoms with Gasteiger partial charge in [0.15, 0.2) is 16.7 Å². The number of furan rings is 1. The number of ether oxygens (including phenoxy) is 2. The van der Waals surface area contributed by atoms with E-state index < -0.39 is 4.92 Å². The first-order chi connectivity index (χ1) is 15.0. The first-order valence-corrected chi connectivity index (χ1v) is 9.89. The Labute approximate surface area is 179 Å². The van der Waals surface area contributed by atoms with Gasteiger partial charge in [0.1, 0.15) is 11.5 Å². The number of fused-ring (bicyclic) bond motifs is 1. The van der Waals surface area contributed by atoms with Crippen molar-refractivity contribution < 1.29 is 23.6 Å². The quantitative estimate of drug-likeness (QED) is 0.360. The molecule has 0 saturated carbocycles. The fourth-order valence-corrected chi connectivity index (χ4v) is 4.13. The molecule has 0 atom stereocenters. The van der Waals surface area contributed by atoms with Crippen LogP contribution >= 0.6 is 11.8 Å². The van der Waals surface area contributed by atoms with Crippen LogP contribution in [0.5, 0.6) is 11.5 Å². The van der Waals surface area contributed by atoms with Crippen molar-refractivity contribution in [1.82, 2.24) is 0 Å². The minimum absolute atomic E-state index is 0.0422. The van der Waals surface area contributed by atoms with Crippen LogP contribution in [0.2, 0.25) is 0 Å². The van der Waals surface area contributed by atoms with Crippen molar-refractivity contribution in [2.75, 3.05) is 11.7 Å². The highest BCUT2D eigenvalue weighted by Crippen LogP contribution is 2.40.